The van der Waals surface area contributed by atoms with E-state index in [0.717, 1.165) is 31.6 Å². The molecule has 0 aliphatic carbocycles. The van der Waals surface area contributed by atoms with E-state index in [9.17, 15) is 4.79 Å². The van der Waals surface area contributed by atoms with Crippen LogP contribution in [-0.2, 0) is 11.2 Å². The maximum Gasteiger partial charge on any atom is 0.244 e. The summed E-state index contributed by atoms with van der Waals surface area (Å²) in [6.45, 7) is 1.82. The molecule has 2 aromatic rings. The van der Waals surface area contributed by atoms with Crippen LogP contribution in [0.5, 0.6) is 0 Å². The highest BCUT2D eigenvalue weighted by Crippen LogP contribution is 2.33. The molecule has 2 aliphatic heterocycles. The van der Waals surface area contributed by atoms with Gasteiger partial charge in [-0.05, 0) is 49.3 Å². The summed E-state index contributed by atoms with van der Waals surface area (Å²) in [5, 5.41) is 4.23. The molecule has 4 rings (SSSR count). The first-order valence-corrected chi connectivity index (χ1v) is 8.99. The molecule has 2 saturated heterocycles. The molecule has 0 spiro atoms. The van der Waals surface area contributed by atoms with Gasteiger partial charge in [-0.25, -0.2) is 0 Å². The minimum atomic E-state index is 0.0988. The molecule has 124 valence electrons. The zero-order chi connectivity index (χ0) is 16.4. The summed E-state index contributed by atoms with van der Waals surface area (Å²) in [6, 6.07) is 20.7. The van der Waals surface area contributed by atoms with Crippen molar-refractivity contribution in [2.75, 3.05) is 18.1 Å². The van der Waals surface area contributed by atoms with Gasteiger partial charge >= 0.3 is 0 Å². The summed E-state index contributed by atoms with van der Waals surface area (Å²) in [6.07, 6.45) is 4.21. The van der Waals surface area contributed by atoms with Crippen LogP contribution in [0.1, 0.15) is 24.8 Å². The number of anilines is 1. The van der Waals surface area contributed by atoms with E-state index < -0.39 is 0 Å². The lowest BCUT2D eigenvalue weighted by Crippen LogP contribution is -2.53. The number of rotatable bonds is 3. The molecule has 2 fully saturated rings. The maximum atomic E-state index is 13.2. The van der Waals surface area contributed by atoms with Crippen molar-refractivity contribution < 1.29 is 4.79 Å². The second kappa shape index (κ2) is 6.68. The lowest BCUT2D eigenvalue weighted by molar-refractivity contribution is -0.136. The number of carbonyl (C=O) groups is 1. The van der Waals surface area contributed by atoms with Crippen molar-refractivity contribution in [1.82, 2.24) is 5.01 Å². The van der Waals surface area contributed by atoms with Crippen LogP contribution in [0.4, 0.5) is 5.69 Å². The van der Waals surface area contributed by atoms with E-state index in [1.807, 2.05) is 29.3 Å². The molecular formula is C21H24N2O. The summed E-state index contributed by atoms with van der Waals surface area (Å²) in [4.78, 5) is 13.2. The number of hydrogen-bond donors (Lipinski definition) is 0. The van der Waals surface area contributed by atoms with Crippen molar-refractivity contribution in [1.29, 1.82) is 0 Å². The predicted molar refractivity (Wildman–Crippen MR) is 96.5 cm³/mol. The van der Waals surface area contributed by atoms with Gasteiger partial charge in [-0.2, -0.15) is 0 Å². The highest BCUT2D eigenvalue weighted by atomic mass is 16.2. The molecule has 3 heteroatoms. The Bertz CT molecular complexity index is 685. The van der Waals surface area contributed by atoms with E-state index >= 15 is 0 Å². The van der Waals surface area contributed by atoms with Crippen LogP contribution in [0.15, 0.2) is 60.7 Å². The molecular weight excluding hydrogens is 296 g/mol. The number of hydrogen-bond acceptors (Lipinski definition) is 2. The van der Waals surface area contributed by atoms with Gasteiger partial charge in [0.05, 0.1) is 5.69 Å². The van der Waals surface area contributed by atoms with Crippen molar-refractivity contribution >= 4 is 11.6 Å². The molecule has 0 unspecified atom stereocenters. The molecule has 0 N–H and O–H groups in total. The molecule has 1 amide bonds. The van der Waals surface area contributed by atoms with Crippen LogP contribution in [0.3, 0.4) is 0 Å². The Morgan fingerprint density at radius 1 is 0.833 bits per heavy atom. The average Bonchev–Trinajstić information content (AvgIpc) is 2.76. The van der Waals surface area contributed by atoms with Crippen molar-refractivity contribution in [2.45, 2.75) is 25.7 Å². The van der Waals surface area contributed by atoms with Crippen LogP contribution in [-0.4, -0.2) is 24.0 Å². The van der Waals surface area contributed by atoms with Gasteiger partial charge in [0, 0.05) is 19.0 Å². The van der Waals surface area contributed by atoms with Crippen molar-refractivity contribution in [3.05, 3.63) is 66.2 Å². The topological polar surface area (TPSA) is 23.6 Å². The van der Waals surface area contributed by atoms with E-state index in [1.54, 1.807) is 0 Å². The summed E-state index contributed by atoms with van der Waals surface area (Å²) >= 11 is 0. The number of fused-ring (bicyclic) bond motifs is 2. The van der Waals surface area contributed by atoms with Crippen molar-refractivity contribution in [2.24, 2.45) is 11.8 Å². The highest BCUT2D eigenvalue weighted by molar-refractivity contribution is 5.81. The minimum absolute atomic E-state index is 0.0988. The molecule has 3 nitrogen and oxygen atoms in total. The smallest absolute Gasteiger partial charge is 0.244 e. The van der Waals surface area contributed by atoms with E-state index in [-0.39, 0.29) is 5.92 Å². The highest BCUT2D eigenvalue weighted by Gasteiger charge is 2.37. The molecule has 0 radical (unpaired) electrons. The zero-order valence-electron chi connectivity index (χ0n) is 14.0. The van der Waals surface area contributed by atoms with Crippen LogP contribution >= 0.6 is 0 Å². The maximum absolute atomic E-state index is 13.2. The number of para-hydroxylation sites is 1. The van der Waals surface area contributed by atoms with Gasteiger partial charge in [0.1, 0.15) is 0 Å². The molecule has 24 heavy (non-hydrogen) atoms. The summed E-state index contributed by atoms with van der Waals surface area (Å²) < 4.78 is 0. The Morgan fingerprint density at radius 3 is 2.29 bits per heavy atom. The fourth-order valence-electron chi connectivity index (χ4n) is 4.03. The van der Waals surface area contributed by atoms with Gasteiger partial charge in [-0.15, -0.1) is 0 Å². The van der Waals surface area contributed by atoms with Crippen LogP contribution in [0.25, 0.3) is 0 Å². The first kappa shape index (κ1) is 15.3. The summed E-state index contributed by atoms with van der Waals surface area (Å²) in [7, 11) is 0. The van der Waals surface area contributed by atoms with Gasteiger partial charge in [0.15, 0.2) is 0 Å². The first-order valence-electron chi connectivity index (χ1n) is 8.99. The quantitative estimate of drug-likeness (QED) is 0.856. The van der Waals surface area contributed by atoms with Crippen LogP contribution in [0.2, 0.25) is 0 Å². The Balaban J connectivity index is 1.58. The average molecular weight is 320 g/mol. The van der Waals surface area contributed by atoms with Gasteiger partial charge in [-0.3, -0.25) is 14.8 Å². The van der Waals surface area contributed by atoms with Gasteiger partial charge in [-0.1, -0.05) is 48.5 Å². The van der Waals surface area contributed by atoms with E-state index in [0.29, 0.717) is 11.8 Å². The normalized spacial score (nSPS) is 23.9. The lowest BCUT2D eigenvalue weighted by atomic mass is 9.91. The fourth-order valence-corrected chi connectivity index (χ4v) is 4.03. The zero-order valence-corrected chi connectivity index (χ0v) is 14.0. The molecule has 0 saturated carbocycles. The SMILES string of the molecule is O=C1[C@@H](Cc2ccccc2)CC[C@H]2CCN(c3ccccc3)N1C2. The second-order valence-corrected chi connectivity index (χ2v) is 7.00. The molecule has 2 aromatic carbocycles. The summed E-state index contributed by atoms with van der Waals surface area (Å²) in [5.41, 5.74) is 2.39. The molecule has 2 aliphatic rings. The lowest BCUT2D eigenvalue weighted by Gasteiger charge is -2.42. The Labute approximate surface area is 143 Å². The molecule has 2 heterocycles. The monoisotopic (exact) mass is 320 g/mol. The van der Waals surface area contributed by atoms with Crippen molar-refractivity contribution in [3.8, 4) is 0 Å². The third-order valence-corrected chi connectivity index (χ3v) is 5.38. The molecule has 0 aromatic heterocycles. The van der Waals surface area contributed by atoms with Gasteiger partial charge in [0.2, 0.25) is 5.91 Å². The first-order chi connectivity index (χ1) is 11.8. The van der Waals surface area contributed by atoms with Gasteiger partial charge < -0.3 is 0 Å². The van der Waals surface area contributed by atoms with Gasteiger partial charge in [0.25, 0.3) is 0 Å². The van der Waals surface area contributed by atoms with Crippen molar-refractivity contribution in [3.63, 3.8) is 0 Å². The Hall–Kier alpha value is -2.29. The second-order valence-electron chi connectivity index (χ2n) is 7.00. The molecule has 2 bridgehead atoms. The largest absolute Gasteiger partial charge is 0.283 e. The summed E-state index contributed by atoms with van der Waals surface area (Å²) in [5.74, 6) is 1.04. The van der Waals surface area contributed by atoms with E-state index in [4.69, 9.17) is 0 Å². The van der Waals surface area contributed by atoms with Crippen LogP contribution in [0, 0.1) is 11.8 Å². The number of benzene rings is 2. The number of amides is 1. The number of nitrogens with zero attached hydrogens (tertiary/aromatic N) is 2. The van der Waals surface area contributed by atoms with E-state index in [2.05, 4.69) is 41.4 Å². The standard InChI is InChI=1S/C21H24N2O/c24-21-19(15-17-7-3-1-4-8-17)12-11-18-13-14-22(23(21)16-18)20-9-5-2-6-10-20/h1-10,18-19H,11-16H2/t18-,19+/m0/s1. The minimum Gasteiger partial charge on any atom is -0.283 e. The van der Waals surface area contributed by atoms with E-state index in [1.165, 1.54) is 18.4 Å². The number of carbonyl (C=O) groups excluding carboxylic acids is 1. The van der Waals surface area contributed by atoms with Crippen LogP contribution < -0.4 is 5.01 Å². The third-order valence-electron chi connectivity index (χ3n) is 5.38. The Kier molecular flexibility index (Phi) is 4.24. The third kappa shape index (κ3) is 3.03. The fraction of sp³-hybridized carbons (Fsp3) is 0.381. The predicted octanol–water partition coefficient (Wildman–Crippen LogP) is 3.91. The molecule has 2 atom stereocenters. The number of hydrazine groups is 1. The Morgan fingerprint density at radius 2 is 1.54 bits per heavy atom.